The summed E-state index contributed by atoms with van der Waals surface area (Å²) in [5.41, 5.74) is 7.64. The Balaban J connectivity index is 2.01. The van der Waals surface area contributed by atoms with Crippen molar-refractivity contribution in [2.24, 2.45) is 10.7 Å². The molecule has 1 aromatic carbocycles. The highest BCUT2D eigenvalue weighted by Gasteiger charge is 2.24. The molecule has 0 saturated carbocycles. The number of hydrogen-bond donors (Lipinski definition) is 4. The number of nitrogens with one attached hydrogen (secondary N) is 3. The largest absolute Gasteiger partial charge is 0.370 e. The number of benzene rings is 1. The lowest BCUT2D eigenvalue weighted by atomic mass is 10.1. The zero-order chi connectivity index (χ0) is 16.1. The van der Waals surface area contributed by atoms with Crippen molar-refractivity contribution in [1.29, 1.82) is 0 Å². The minimum Gasteiger partial charge on any atom is -0.370 e. The number of hydrogen-bond acceptors (Lipinski definition) is 3. The van der Waals surface area contributed by atoms with E-state index in [-0.39, 0.29) is 17.9 Å². The van der Waals surface area contributed by atoms with Crippen molar-refractivity contribution in [3.05, 3.63) is 28.8 Å². The SMILES string of the molecule is CCCC1CC(=O)NC(/N=C(\N)Nc2ccc(C)c(Cl)c2)N1. The molecule has 1 saturated heterocycles. The molecule has 7 heteroatoms. The normalized spacial score (nSPS) is 22.3. The fraction of sp³-hybridized carbons (Fsp3) is 0.467. The van der Waals surface area contributed by atoms with Crippen LogP contribution < -0.4 is 21.7 Å². The Hall–Kier alpha value is -1.79. The van der Waals surface area contributed by atoms with Crippen LogP contribution >= 0.6 is 11.6 Å². The summed E-state index contributed by atoms with van der Waals surface area (Å²) in [7, 11) is 0. The highest BCUT2D eigenvalue weighted by molar-refractivity contribution is 6.31. The zero-order valence-electron chi connectivity index (χ0n) is 12.8. The third-order valence-corrected chi connectivity index (χ3v) is 3.88. The first-order chi connectivity index (χ1) is 10.5. The standard InChI is InChI=1S/C15H22ClN5O/c1-3-4-10-8-13(22)20-15(19-10)21-14(17)18-11-6-5-9(2)12(16)7-11/h5-7,10,15,19H,3-4,8H2,1-2H3,(H,20,22)(H3,17,18,21). The molecule has 2 rings (SSSR count). The number of rotatable bonds is 4. The van der Waals surface area contributed by atoms with E-state index in [2.05, 4.69) is 27.9 Å². The van der Waals surface area contributed by atoms with Crippen LogP contribution in [0, 0.1) is 6.92 Å². The first-order valence-corrected chi connectivity index (χ1v) is 7.77. The third kappa shape index (κ3) is 4.61. The van der Waals surface area contributed by atoms with E-state index in [1.165, 1.54) is 0 Å². The summed E-state index contributed by atoms with van der Waals surface area (Å²) in [6, 6.07) is 5.69. The van der Waals surface area contributed by atoms with E-state index in [0.29, 0.717) is 11.4 Å². The molecule has 1 aliphatic rings. The Morgan fingerprint density at radius 1 is 1.55 bits per heavy atom. The number of amides is 1. The molecule has 6 nitrogen and oxygen atoms in total. The van der Waals surface area contributed by atoms with Gasteiger partial charge in [-0.3, -0.25) is 10.1 Å². The number of nitrogens with two attached hydrogens (primary N) is 1. The molecule has 2 unspecified atom stereocenters. The Morgan fingerprint density at radius 3 is 3.00 bits per heavy atom. The summed E-state index contributed by atoms with van der Waals surface area (Å²) in [5, 5.41) is 9.64. The number of guanidine groups is 1. The number of halogens is 1. The predicted molar refractivity (Wildman–Crippen MR) is 89.8 cm³/mol. The molecule has 1 aliphatic heterocycles. The number of aryl methyl sites for hydroxylation is 1. The molecule has 0 aliphatic carbocycles. The van der Waals surface area contributed by atoms with Crippen molar-refractivity contribution in [2.45, 2.75) is 45.4 Å². The highest BCUT2D eigenvalue weighted by Crippen LogP contribution is 2.19. The fourth-order valence-electron chi connectivity index (χ4n) is 2.35. The lowest BCUT2D eigenvalue weighted by molar-refractivity contribution is -0.124. The Labute approximate surface area is 135 Å². The summed E-state index contributed by atoms with van der Waals surface area (Å²) in [5.74, 6) is 0.201. The van der Waals surface area contributed by atoms with E-state index in [0.717, 1.165) is 24.1 Å². The van der Waals surface area contributed by atoms with Crippen molar-refractivity contribution in [3.63, 3.8) is 0 Å². The minimum absolute atomic E-state index is 0.0165. The van der Waals surface area contributed by atoms with E-state index in [4.69, 9.17) is 17.3 Å². The van der Waals surface area contributed by atoms with Crippen LogP contribution in [0.3, 0.4) is 0 Å². The maximum Gasteiger partial charge on any atom is 0.224 e. The van der Waals surface area contributed by atoms with Gasteiger partial charge in [-0.2, -0.15) is 0 Å². The molecule has 1 fully saturated rings. The van der Waals surface area contributed by atoms with Crippen molar-refractivity contribution in [1.82, 2.24) is 10.6 Å². The first kappa shape index (κ1) is 16.6. The van der Waals surface area contributed by atoms with Gasteiger partial charge in [-0.25, -0.2) is 4.99 Å². The number of anilines is 1. The maximum absolute atomic E-state index is 11.7. The Kier molecular flexibility index (Phi) is 5.63. The summed E-state index contributed by atoms with van der Waals surface area (Å²) in [4.78, 5) is 15.9. The second-order valence-electron chi connectivity index (χ2n) is 5.43. The van der Waals surface area contributed by atoms with Gasteiger partial charge < -0.3 is 16.4 Å². The zero-order valence-corrected chi connectivity index (χ0v) is 13.6. The molecule has 120 valence electrons. The molecular weight excluding hydrogens is 302 g/mol. The van der Waals surface area contributed by atoms with Gasteiger partial charge in [0.05, 0.1) is 0 Å². The van der Waals surface area contributed by atoms with Gasteiger partial charge in [-0.1, -0.05) is 31.0 Å². The van der Waals surface area contributed by atoms with Crippen LogP contribution in [0.4, 0.5) is 5.69 Å². The van der Waals surface area contributed by atoms with Crippen LogP contribution in [0.25, 0.3) is 0 Å². The first-order valence-electron chi connectivity index (χ1n) is 7.39. The van der Waals surface area contributed by atoms with Crippen LogP contribution in [0.5, 0.6) is 0 Å². The average molecular weight is 324 g/mol. The third-order valence-electron chi connectivity index (χ3n) is 3.47. The molecule has 0 aromatic heterocycles. The molecule has 1 heterocycles. The Morgan fingerprint density at radius 2 is 2.32 bits per heavy atom. The number of carbonyl (C=O) groups is 1. The molecule has 0 radical (unpaired) electrons. The predicted octanol–water partition coefficient (Wildman–Crippen LogP) is 1.94. The average Bonchev–Trinajstić information content (AvgIpc) is 2.42. The molecule has 5 N–H and O–H groups in total. The molecule has 1 amide bonds. The smallest absolute Gasteiger partial charge is 0.224 e. The van der Waals surface area contributed by atoms with E-state index in [1.54, 1.807) is 6.07 Å². The number of carbonyl (C=O) groups excluding carboxylic acids is 1. The molecule has 0 spiro atoms. The van der Waals surface area contributed by atoms with E-state index >= 15 is 0 Å². The van der Waals surface area contributed by atoms with Gasteiger partial charge in [0.2, 0.25) is 5.91 Å². The lowest BCUT2D eigenvalue weighted by Crippen LogP contribution is -2.56. The molecule has 1 aromatic rings. The monoisotopic (exact) mass is 323 g/mol. The van der Waals surface area contributed by atoms with Crippen LogP contribution in [0.1, 0.15) is 31.7 Å². The van der Waals surface area contributed by atoms with Crippen molar-refractivity contribution < 1.29 is 4.79 Å². The second-order valence-corrected chi connectivity index (χ2v) is 5.84. The van der Waals surface area contributed by atoms with Crippen molar-refractivity contribution >= 4 is 29.2 Å². The van der Waals surface area contributed by atoms with E-state index in [1.807, 2.05) is 19.1 Å². The van der Waals surface area contributed by atoms with Crippen LogP contribution in [0.2, 0.25) is 5.02 Å². The van der Waals surface area contributed by atoms with Gasteiger partial charge in [0.15, 0.2) is 12.2 Å². The summed E-state index contributed by atoms with van der Waals surface area (Å²) < 4.78 is 0. The van der Waals surface area contributed by atoms with Crippen molar-refractivity contribution in [3.8, 4) is 0 Å². The quantitative estimate of drug-likeness (QED) is 0.503. The van der Waals surface area contributed by atoms with Crippen molar-refractivity contribution in [2.75, 3.05) is 5.32 Å². The molecule has 22 heavy (non-hydrogen) atoms. The molecule has 0 bridgehead atoms. The topological polar surface area (TPSA) is 91.5 Å². The maximum atomic E-state index is 11.7. The van der Waals surface area contributed by atoms with Crippen LogP contribution in [-0.4, -0.2) is 24.2 Å². The van der Waals surface area contributed by atoms with Crippen LogP contribution in [0.15, 0.2) is 23.2 Å². The molecule has 2 atom stereocenters. The minimum atomic E-state index is -0.508. The van der Waals surface area contributed by atoms with Gasteiger partial charge in [-0.05, 0) is 31.0 Å². The summed E-state index contributed by atoms with van der Waals surface area (Å²) in [6.45, 7) is 4.02. The van der Waals surface area contributed by atoms with Gasteiger partial charge >= 0.3 is 0 Å². The lowest BCUT2D eigenvalue weighted by Gasteiger charge is -2.29. The highest BCUT2D eigenvalue weighted by atomic mass is 35.5. The number of aliphatic imine (C=N–C) groups is 1. The fourth-order valence-corrected chi connectivity index (χ4v) is 2.53. The van der Waals surface area contributed by atoms with Gasteiger partial charge in [0.25, 0.3) is 0 Å². The number of nitrogens with zero attached hydrogens (tertiary/aromatic N) is 1. The van der Waals surface area contributed by atoms with Crippen LogP contribution in [-0.2, 0) is 4.79 Å². The van der Waals surface area contributed by atoms with E-state index < -0.39 is 6.29 Å². The second kappa shape index (κ2) is 7.47. The summed E-state index contributed by atoms with van der Waals surface area (Å²) in [6.07, 6.45) is 1.91. The van der Waals surface area contributed by atoms with Gasteiger partial charge in [0, 0.05) is 23.2 Å². The van der Waals surface area contributed by atoms with E-state index in [9.17, 15) is 4.79 Å². The van der Waals surface area contributed by atoms with Gasteiger partial charge in [-0.15, -0.1) is 0 Å². The van der Waals surface area contributed by atoms with Gasteiger partial charge in [0.1, 0.15) is 0 Å². The molecular formula is C15H22ClN5O. The Bertz CT molecular complexity index is 575. The summed E-state index contributed by atoms with van der Waals surface area (Å²) >= 11 is 6.07.